The normalized spacial score (nSPS) is 27.1. The van der Waals surface area contributed by atoms with Gasteiger partial charge in [-0.25, -0.2) is 0 Å². The van der Waals surface area contributed by atoms with Gasteiger partial charge in [0, 0.05) is 19.1 Å². The first kappa shape index (κ1) is 8.53. The van der Waals surface area contributed by atoms with Gasteiger partial charge in [-0.05, 0) is 19.3 Å². The summed E-state index contributed by atoms with van der Waals surface area (Å²) in [6, 6.07) is 0. The number of ether oxygens (including phenoxy) is 1. The van der Waals surface area contributed by atoms with Crippen LogP contribution in [0.15, 0.2) is 0 Å². The summed E-state index contributed by atoms with van der Waals surface area (Å²) in [5, 5.41) is 7.28. The van der Waals surface area contributed by atoms with E-state index in [9.17, 15) is 0 Å². The Morgan fingerprint density at radius 3 is 2.82 bits per heavy atom. The summed E-state index contributed by atoms with van der Waals surface area (Å²) in [5.74, 6) is 0.603. The fraction of sp³-hybridized carbons (Fsp3) is 0.875. The molecule has 0 aromatic heterocycles. The Morgan fingerprint density at radius 1 is 1.27 bits per heavy atom. The zero-order valence-electron chi connectivity index (χ0n) is 6.81. The molecule has 0 amide bonds. The first-order chi connectivity index (χ1) is 5.30. The average molecular weight is 156 g/mol. The second-order valence-corrected chi connectivity index (χ2v) is 3.05. The van der Waals surface area contributed by atoms with Gasteiger partial charge in [0.25, 0.3) is 0 Å². The molecule has 3 heteroatoms. The first-order valence-electron chi connectivity index (χ1n) is 4.22. The van der Waals surface area contributed by atoms with Gasteiger partial charge in [-0.15, -0.1) is 0 Å². The van der Waals surface area contributed by atoms with Gasteiger partial charge in [-0.1, -0.05) is 6.42 Å². The molecule has 1 unspecified atom stereocenters. The zero-order chi connectivity index (χ0) is 8.10. The molecule has 0 bridgehead atoms. The second-order valence-electron chi connectivity index (χ2n) is 3.05. The zero-order valence-corrected chi connectivity index (χ0v) is 6.81. The van der Waals surface area contributed by atoms with Gasteiger partial charge in [-0.2, -0.15) is 0 Å². The van der Waals surface area contributed by atoms with Gasteiger partial charge in [-0.3, -0.25) is 5.41 Å². The summed E-state index contributed by atoms with van der Waals surface area (Å²) in [5.41, 5.74) is 5.42. The molecule has 64 valence electrons. The third kappa shape index (κ3) is 2.89. The van der Waals surface area contributed by atoms with Crippen LogP contribution in [-0.4, -0.2) is 19.0 Å². The summed E-state index contributed by atoms with van der Waals surface area (Å²) < 4.78 is 5.30. The molecule has 11 heavy (non-hydrogen) atoms. The lowest BCUT2D eigenvalue weighted by Gasteiger charge is -2.18. The fourth-order valence-electron chi connectivity index (χ4n) is 1.38. The van der Waals surface area contributed by atoms with Crippen LogP contribution in [-0.2, 0) is 4.74 Å². The Kier molecular flexibility index (Phi) is 3.36. The number of hydrogen-bond acceptors (Lipinski definition) is 2. The van der Waals surface area contributed by atoms with E-state index in [2.05, 4.69) is 0 Å². The second kappa shape index (κ2) is 4.34. The molecule has 0 saturated carbocycles. The van der Waals surface area contributed by atoms with Crippen molar-refractivity contribution in [2.75, 3.05) is 13.2 Å². The van der Waals surface area contributed by atoms with Crippen LogP contribution in [0.1, 0.15) is 25.7 Å². The lowest BCUT2D eigenvalue weighted by atomic mass is 9.97. The van der Waals surface area contributed by atoms with Gasteiger partial charge < -0.3 is 10.5 Å². The van der Waals surface area contributed by atoms with E-state index in [4.69, 9.17) is 15.9 Å². The predicted molar refractivity (Wildman–Crippen MR) is 44.7 cm³/mol. The minimum Gasteiger partial charge on any atom is -0.387 e. The van der Waals surface area contributed by atoms with Crippen LogP contribution in [0.4, 0.5) is 0 Å². The van der Waals surface area contributed by atoms with Crippen molar-refractivity contribution in [3.05, 3.63) is 0 Å². The maximum Gasteiger partial charge on any atom is 0.0937 e. The lowest BCUT2D eigenvalue weighted by molar-refractivity contribution is 0.109. The van der Waals surface area contributed by atoms with Crippen LogP contribution in [0.3, 0.4) is 0 Å². The summed E-state index contributed by atoms with van der Waals surface area (Å²) in [6.45, 7) is 1.65. The molecule has 3 nitrogen and oxygen atoms in total. The highest BCUT2D eigenvalue weighted by Gasteiger charge is 2.13. The van der Waals surface area contributed by atoms with Gasteiger partial charge in [0.1, 0.15) is 0 Å². The molecule has 0 aromatic rings. The van der Waals surface area contributed by atoms with Gasteiger partial charge >= 0.3 is 0 Å². The molecule has 1 heterocycles. The van der Waals surface area contributed by atoms with Crippen molar-refractivity contribution in [3.63, 3.8) is 0 Å². The highest BCUT2D eigenvalue weighted by molar-refractivity contribution is 5.79. The Morgan fingerprint density at radius 2 is 2.09 bits per heavy atom. The van der Waals surface area contributed by atoms with Crippen LogP contribution in [0.2, 0.25) is 0 Å². The third-order valence-corrected chi connectivity index (χ3v) is 2.14. The highest BCUT2D eigenvalue weighted by Crippen LogP contribution is 2.15. The van der Waals surface area contributed by atoms with Crippen LogP contribution in [0.25, 0.3) is 0 Å². The van der Waals surface area contributed by atoms with Crippen molar-refractivity contribution in [2.45, 2.75) is 25.7 Å². The molecule has 1 aliphatic rings. The molecule has 1 atom stereocenters. The van der Waals surface area contributed by atoms with Crippen LogP contribution in [0, 0.1) is 11.3 Å². The summed E-state index contributed by atoms with van der Waals surface area (Å²) >= 11 is 0. The van der Waals surface area contributed by atoms with E-state index in [1.54, 1.807) is 0 Å². The van der Waals surface area contributed by atoms with E-state index >= 15 is 0 Å². The number of hydrogen-bond donors (Lipinski definition) is 2. The minimum atomic E-state index is 0.273. The van der Waals surface area contributed by atoms with E-state index < -0.39 is 0 Å². The molecular formula is C8H16N2O. The van der Waals surface area contributed by atoms with Crippen molar-refractivity contribution < 1.29 is 4.74 Å². The Balaban J connectivity index is 2.32. The standard InChI is InChI=1S/C8H16N2O/c9-8(10)7-3-1-2-5-11-6-4-7/h7H,1-6H2,(H3,9,10). The molecule has 0 aliphatic carbocycles. The molecular weight excluding hydrogens is 140 g/mol. The van der Waals surface area contributed by atoms with E-state index in [-0.39, 0.29) is 5.92 Å². The van der Waals surface area contributed by atoms with E-state index in [0.29, 0.717) is 5.84 Å². The molecule has 0 aromatic carbocycles. The van der Waals surface area contributed by atoms with Gasteiger partial charge in [0.05, 0.1) is 5.84 Å². The van der Waals surface area contributed by atoms with Crippen molar-refractivity contribution in [1.82, 2.24) is 0 Å². The number of rotatable bonds is 1. The Hall–Kier alpha value is -0.570. The largest absolute Gasteiger partial charge is 0.387 e. The predicted octanol–water partition coefficient (Wildman–Crippen LogP) is 1.13. The maximum atomic E-state index is 7.28. The average Bonchev–Trinajstić information content (AvgIpc) is 1.84. The molecule has 1 saturated heterocycles. The summed E-state index contributed by atoms with van der Waals surface area (Å²) in [7, 11) is 0. The SMILES string of the molecule is N=C(N)C1CCCCOCC1. The lowest BCUT2D eigenvalue weighted by Crippen LogP contribution is -2.25. The number of nitrogens with one attached hydrogen (secondary N) is 1. The molecule has 0 spiro atoms. The maximum absolute atomic E-state index is 7.28. The van der Waals surface area contributed by atoms with Crippen LogP contribution < -0.4 is 5.73 Å². The topological polar surface area (TPSA) is 59.1 Å². The van der Waals surface area contributed by atoms with Crippen LogP contribution >= 0.6 is 0 Å². The van der Waals surface area contributed by atoms with Crippen molar-refractivity contribution in [1.29, 1.82) is 5.41 Å². The third-order valence-electron chi connectivity index (χ3n) is 2.14. The van der Waals surface area contributed by atoms with Gasteiger partial charge in [0.15, 0.2) is 0 Å². The molecule has 3 N–H and O–H groups in total. The van der Waals surface area contributed by atoms with Crippen molar-refractivity contribution in [2.24, 2.45) is 11.7 Å². The van der Waals surface area contributed by atoms with E-state index in [1.807, 2.05) is 0 Å². The fourth-order valence-corrected chi connectivity index (χ4v) is 1.38. The number of amidine groups is 1. The first-order valence-corrected chi connectivity index (χ1v) is 4.22. The van der Waals surface area contributed by atoms with Gasteiger partial charge in [0.2, 0.25) is 0 Å². The molecule has 1 fully saturated rings. The highest BCUT2D eigenvalue weighted by atomic mass is 16.5. The summed E-state index contributed by atoms with van der Waals surface area (Å²) in [6.07, 6.45) is 4.25. The molecule has 1 rings (SSSR count). The van der Waals surface area contributed by atoms with Crippen LogP contribution in [0.5, 0.6) is 0 Å². The minimum absolute atomic E-state index is 0.273. The van der Waals surface area contributed by atoms with E-state index in [1.165, 1.54) is 0 Å². The quantitative estimate of drug-likeness (QED) is 0.441. The molecule has 0 radical (unpaired) electrons. The van der Waals surface area contributed by atoms with Crippen molar-refractivity contribution in [3.8, 4) is 0 Å². The Bertz CT molecular complexity index is 128. The summed E-state index contributed by atoms with van der Waals surface area (Å²) in [4.78, 5) is 0. The molecule has 1 aliphatic heterocycles. The van der Waals surface area contributed by atoms with Crippen molar-refractivity contribution >= 4 is 5.84 Å². The smallest absolute Gasteiger partial charge is 0.0937 e. The number of nitrogens with two attached hydrogens (primary N) is 1. The Labute approximate surface area is 67.4 Å². The van der Waals surface area contributed by atoms with E-state index in [0.717, 1.165) is 38.9 Å². The monoisotopic (exact) mass is 156 g/mol.